The van der Waals surface area contributed by atoms with Crippen molar-refractivity contribution in [2.24, 2.45) is 0 Å². The van der Waals surface area contributed by atoms with E-state index in [9.17, 15) is 0 Å². The molecule has 0 bridgehead atoms. The summed E-state index contributed by atoms with van der Waals surface area (Å²) in [6.07, 6.45) is 5.89. The quantitative estimate of drug-likeness (QED) is 0.229. The zero-order valence-electron chi connectivity index (χ0n) is 19.7. The highest BCUT2D eigenvalue weighted by molar-refractivity contribution is 9.11. The zero-order valence-corrected chi connectivity index (χ0v) is 21.3. The average molecular weight is 530 g/mol. The predicted octanol–water partition coefficient (Wildman–Crippen LogP) is 7.26. The smallest absolute Gasteiger partial charge is 0.165 e. The molecule has 0 N–H and O–H groups in total. The third kappa shape index (κ3) is 5.30. The third-order valence-corrected chi connectivity index (χ3v) is 7.03. The molecule has 178 valence electrons. The number of methoxy groups -OCH3 is 1. The molecule has 4 nitrogen and oxygen atoms in total. The van der Waals surface area contributed by atoms with Crippen LogP contribution in [0, 0.1) is 0 Å². The van der Waals surface area contributed by atoms with Crippen LogP contribution in [0.4, 0.5) is 0 Å². The summed E-state index contributed by atoms with van der Waals surface area (Å²) in [6, 6.07) is 26.8. The Kier molecular flexibility index (Phi) is 7.24. The van der Waals surface area contributed by atoms with Crippen LogP contribution in [0.15, 0.2) is 95.7 Å². The highest BCUT2D eigenvalue weighted by Crippen LogP contribution is 2.45. The number of rotatable bonds is 9. The molecule has 0 fully saturated rings. The molecule has 1 aromatic heterocycles. The molecule has 0 saturated heterocycles. The molecule has 4 aromatic rings. The summed E-state index contributed by atoms with van der Waals surface area (Å²) >= 11 is 3.85. The van der Waals surface area contributed by atoms with Crippen molar-refractivity contribution in [3.63, 3.8) is 0 Å². The van der Waals surface area contributed by atoms with Gasteiger partial charge in [-0.05, 0) is 65.4 Å². The van der Waals surface area contributed by atoms with E-state index >= 15 is 0 Å². The van der Waals surface area contributed by atoms with Crippen molar-refractivity contribution < 1.29 is 14.2 Å². The summed E-state index contributed by atoms with van der Waals surface area (Å²) in [5, 5.41) is 0. The van der Waals surface area contributed by atoms with Gasteiger partial charge in [-0.25, -0.2) is 0 Å². The van der Waals surface area contributed by atoms with Gasteiger partial charge >= 0.3 is 0 Å². The van der Waals surface area contributed by atoms with Gasteiger partial charge in [-0.1, -0.05) is 64.5 Å². The van der Waals surface area contributed by atoms with Gasteiger partial charge in [-0.3, -0.25) is 0 Å². The van der Waals surface area contributed by atoms with Gasteiger partial charge in [0.1, 0.15) is 19.0 Å². The second-order valence-electron chi connectivity index (χ2n) is 8.47. The molecule has 0 aliphatic heterocycles. The van der Waals surface area contributed by atoms with E-state index in [1.807, 2.05) is 60.9 Å². The molecule has 0 amide bonds. The van der Waals surface area contributed by atoms with E-state index in [0.29, 0.717) is 13.2 Å². The minimum atomic E-state index is 0.503. The lowest BCUT2D eigenvalue weighted by Crippen LogP contribution is -2.09. The van der Waals surface area contributed by atoms with Crippen molar-refractivity contribution >= 4 is 21.5 Å². The number of fused-ring (bicyclic) bond motifs is 1. The van der Waals surface area contributed by atoms with Gasteiger partial charge in [0.25, 0.3) is 0 Å². The van der Waals surface area contributed by atoms with Crippen molar-refractivity contribution in [3.8, 4) is 17.2 Å². The first-order valence-corrected chi connectivity index (χ1v) is 12.6. The summed E-state index contributed by atoms with van der Waals surface area (Å²) in [6.45, 7) is 1.96. The van der Waals surface area contributed by atoms with Crippen LogP contribution in [-0.2, 0) is 19.6 Å². The first-order valence-electron chi connectivity index (χ1n) is 11.8. The Balaban J connectivity index is 1.38. The molecule has 5 heteroatoms. The van der Waals surface area contributed by atoms with E-state index in [2.05, 4.69) is 50.8 Å². The Morgan fingerprint density at radius 2 is 1.60 bits per heavy atom. The van der Waals surface area contributed by atoms with Crippen molar-refractivity contribution in [2.45, 2.75) is 26.0 Å². The maximum atomic E-state index is 6.34. The van der Waals surface area contributed by atoms with Gasteiger partial charge in [0.2, 0.25) is 0 Å². The van der Waals surface area contributed by atoms with Crippen molar-refractivity contribution in [1.82, 2.24) is 4.57 Å². The van der Waals surface area contributed by atoms with Gasteiger partial charge < -0.3 is 18.8 Å². The minimum Gasteiger partial charge on any atom is -0.493 e. The molecule has 0 unspecified atom stereocenters. The number of ether oxygens (including phenoxy) is 3. The molecule has 0 atom stereocenters. The van der Waals surface area contributed by atoms with Crippen LogP contribution in [0.1, 0.15) is 28.7 Å². The van der Waals surface area contributed by atoms with Crippen LogP contribution < -0.4 is 14.2 Å². The predicted molar refractivity (Wildman–Crippen MR) is 143 cm³/mol. The molecule has 1 aliphatic carbocycles. The van der Waals surface area contributed by atoms with E-state index in [-0.39, 0.29) is 0 Å². The zero-order chi connectivity index (χ0) is 24.0. The lowest BCUT2D eigenvalue weighted by atomic mass is 9.86. The lowest BCUT2D eigenvalue weighted by Gasteiger charge is -2.25. The molecular formula is C30H28BrNO3. The fourth-order valence-corrected chi connectivity index (χ4v) is 5.10. The Morgan fingerprint density at radius 1 is 0.829 bits per heavy atom. The SMILES string of the molecule is COc1ccc2c(c1OCc1ccccc1)CCC(Br)=C2c1ccc(OCCn2cccc2)cc1. The summed E-state index contributed by atoms with van der Waals surface area (Å²) in [4.78, 5) is 0. The van der Waals surface area contributed by atoms with Crippen LogP contribution in [0.25, 0.3) is 5.57 Å². The molecule has 0 radical (unpaired) electrons. The summed E-state index contributed by atoms with van der Waals surface area (Å²) in [5.74, 6) is 2.47. The minimum absolute atomic E-state index is 0.503. The maximum Gasteiger partial charge on any atom is 0.165 e. The number of benzene rings is 3. The van der Waals surface area contributed by atoms with Gasteiger partial charge in [0.15, 0.2) is 11.5 Å². The third-order valence-electron chi connectivity index (χ3n) is 6.23. The number of hydrogen-bond donors (Lipinski definition) is 0. The molecular weight excluding hydrogens is 502 g/mol. The van der Waals surface area contributed by atoms with E-state index < -0.39 is 0 Å². The van der Waals surface area contributed by atoms with Gasteiger partial charge in [-0.15, -0.1) is 0 Å². The topological polar surface area (TPSA) is 32.6 Å². The summed E-state index contributed by atoms with van der Waals surface area (Å²) in [5.41, 5.74) is 5.83. The largest absolute Gasteiger partial charge is 0.493 e. The van der Waals surface area contributed by atoms with Crippen LogP contribution >= 0.6 is 15.9 Å². The van der Waals surface area contributed by atoms with Crippen LogP contribution in [0.3, 0.4) is 0 Å². The van der Waals surface area contributed by atoms with Gasteiger partial charge in [-0.2, -0.15) is 0 Å². The number of nitrogens with zero attached hydrogens (tertiary/aromatic N) is 1. The molecule has 35 heavy (non-hydrogen) atoms. The number of hydrogen-bond acceptors (Lipinski definition) is 3. The summed E-state index contributed by atoms with van der Waals surface area (Å²) in [7, 11) is 1.70. The lowest BCUT2D eigenvalue weighted by molar-refractivity contribution is 0.281. The van der Waals surface area contributed by atoms with E-state index in [1.54, 1.807) is 7.11 Å². The first-order chi connectivity index (χ1) is 17.2. The van der Waals surface area contributed by atoms with Crippen molar-refractivity contribution in [3.05, 3.63) is 118 Å². The van der Waals surface area contributed by atoms with Crippen LogP contribution in [-0.4, -0.2) is 18.3 Å². The fraction of sp³-hybridized carbons (Fsp3) is 0.200. The van der Waals surface area contributed by atoms with E-state index in [1.165, 1.54) is 21.2 Å². The fourth-order valence-electron chi connectivity index (χ4n) is 4.46. The summed E-state index contributed by atoms with van der Waals surface area (Å²) < 4.78 is 21.3. The van der Waals surface area contributed by atoms with Crippen LogP contribution in [0.5, 0.6) is 17.2 Å². The molecule has 0 spiro atoms. The second-order valence-corrected chi connectivity index (χ2v) is 9.43. The molecule has 3 aromatic carbocycles. The monoisotopic (exact) mass is 529 g/mol. The second kappa shape index (κ2) is 10.9. The Labute approximate surface area is 214 Å². The highest BCUT2D eigenvalue weighted by Gasteiger charge is 2.25. The highest BCUT2D eigenvalue weighted by atomic mass is 79.9. The Morgan fingerprint density at radius 3 is 2.34 bits per heavy atom. The molecule has 1 heterocycles. The van der Waals surface area contributed by atoms with E-state index in [0.717, 1.165) is 47.8 Å². The molecule has 0 saturated carbocycles. The Hall–Kier alpha value is -3.44. The van der Waals surface area contributed by atoms with Gasteiger partial charge in [0, 0.05) is 22.4 Å². The Bertz CT molecular complexity index is 1300. The van der Waals surface area contributed by atoms with Crippen LogP contribution in [0.2, 0.25) is 0 Å². The standard InChI is InChI=1S/C30H28BrNO3/c1-33-28-16-14-25-26(30(28)35-21-22-7-3-2-4-8-22)13-15-27(31)29(25)23-9-11-24(12-10-23)34-20-19-32-17-5-6-18-32/h2-12,14,16-18H,13,15,19-21H2,1H3. The van der Waals surface area contributed by atoms with Crippen molar-refractivity contribution in [2.75, 3.05) is 13.7 Å². The molecule has 5 rings (SSSR count). The number of aromatic nitrogens is 1. The normalized spacial score (nSPS) is 12.9. The van der Waals surface area contributed by atoms with E-state index in [4.69, 9.17) is 14.2 Å². The number of halogens is 1. The molecule has 1 aliphatic rings. The first kappa shape index (κ1) is 23.3. The average Bonchev–Trinajstić information content (AvgIpc) is 3.42. The van der Waals surface area contributed by atoms with Gasteiger partial charge in [0.05, 0.1) is 13.7 Å². The maximum absolute atomic E-state index is 6.34. The number of allylic oxidation sites excluding steroid dienone is 1. The van der Waals surface area contributed by atoms with Crippen molar-refractivity contribution in [1.29, 1.82) is 0 Å².